The molecule has 130 valence electrons. The van der Waals surface area contributed by atoms with Crippen molar-refractivity contribution in [2.45, 2.75) is 19.5 Å². The van der Waals surface area contributed by atoms with Crippen molar-refractivity contribution in [2.75, 3.05) is 11.9 Å². The van der Waals surface area contributed by atoms with E-state index in [0.717, 1.165) is 5.69 Å². The van der Waals surface area contributed by atoms with Gasteiger partial charge in [-0.05, 0) is 12.1 Å². The van der Waals surface area contributed by atoms with Gasteiger partial charge in [-0.3, -0.25) is 24.0 Å². The molecule has 9 heteroatoms. The zero-order chi connectivity index (χ0) is 17.8. The predicted octanol–water partition coefficient (Wildman–Crippen LogP) is 0.350. The third-order valence-corrected chi connectivity index (χ3v) is 3.85. The summed E-state index contributed by atoms with van der Waals surface area (Å²) in [5, 5.41) is 15.3. The normalized spacial score (nSPS) is 16.9. The van der Waals surface area contributed by atoms with Crippen molar-refractivity contribution in [3.63, 3.8) is 0 Å². The third-order valence-electron chi connectivity index (χ3n) is 3.85. The molecule has 0 aliphatic carbocycles. The van der Waals surface area contributed by atoms with E-state index in [2.05, 4.69) is 15.4 Å². The topological polar surface area (TPSA) is 117 Å². The van der Waals surface area contributed by atoms with Crippen molar-refractivity contribution in [2.24, 2.45) is 5.92 Å². The van der Waals surface area contributed by atoms with Gasteiger partial charge in [-0.1, -0.05) is 6.07 Å². The van der Waals surface area contributed by atoms with Gasteiger partial charge in [0, 0.05) is 31.4 Å². The number of carbonyl (C=O) groups is 3. The number of nitrogens with one attached hydrogen (secondary N) is 1. The SMILES string of the molecule is O=C(O)Cn1ccc(NC(=O)[C@@H]2CC(=O)N(Cc3ccccn3)C2)n1. The number of aromatic nitrogens is 3. The minimum absolute atomic E-state index is 0.0952. The van der Waals surface area contributed by atoms with Gasteiger partial charge in [0.25, 0.3) is 0 Å². The summed E-state index contributed by atoms with van der Waals surface area (Å²) in [6, 6.07) is 6.99. The predicted molar refractivity (Wildman–Crippen MR) is 86.3 cm³/mol. The van der Waals surface area contributed by atoms with Gasteiger partial charge in [-0.25, -0.2) is 0 Å². The quantitative estimate of drug-likeness (QED) is 0.781. The number of carboxylic acids is 1. The molecule has 1 aliphatic heterocycles. The Labute approximate surface area is 143 Å². The number of pyridine rings is 1. The molecule has 1 atom stereocenters. The van der Waals surface area contributed by atoms with Crippen molar-refractivity contribution >= 4 is 23.6 Å². The third kappa shape index (κ3) is 4.19. The van der Waals surface area contributed by atoms with Crippen LogP contribution in [-0.4, -0.2) is 49.1 Å². The maximum atomic E-state index is 12.3. The maximum Gasteiger partial charge on any atom is 0.325 e. The fraction of sp³-hybridized carbons (Fsp3) is 0.312. The first-order chi connectivity index (χ1) is 12.0. The van der Waals surface area contributed by atoms with Crippen molar-refractivity contribution in [3.05, 3.63) is 42.4 Å². The fourth-order valence-corrected chi connectivity index (χ4v) is 2.67. The first-order valence-corrected chi connectivity index (χ1v) is 7.75. The second-order valence-corrected chi connectivity index (χ2v) is 5.78. The van der Waals surface area contributed by atoms with Crippen LogP contribution in [-0.2, 0) is 27.5 Å². The molecule has 0 aromatic carbocycles. The number of aliphatic carboxylic acids is 1. The molecule has 1 saturated heterocycles. The van der Waals surface area contributed by atoms with Crippen LogP contribution in [0.25, 0.3) is 0 Å². The molecule has 9 nitrogen and oxygen atoms in total. The zero-order valence-corrected chi connectivity index (χ0v) is 13.3. The zero-order valence-electron chi connectivity index (χ0n) is 13.3. The van der Waals surface area contributed by atoms with E-state index in [1.807, 2.05) is 12.1 Å². The largest absolute Gasteiger partial charge is 0.480 e. The average molecular weight is 343 g/mol. The highest BCUT2D eigenvalue weighted by molar-refractivity contribution is 5.96. The molecular formula is C16H17N5O4. The maximum absolute atomic E-state index is 12.3. The number of hydrogen-bond donors (Lipinski definition) is 2. The second kappa shape index (κ2) is 7.12. The number of amides is 2. The number of hydrogen-bond acceptors (Lipinski definition) is 5. The molecule has 0 saturated carbocycles. The Balaban J connectivity index is 1.57. The molecule has 1 aliphatic rings. The molecule has 1 fully saturated rings. The molecule has 0 unspecified atom stereocenters. The molecule has 2 aromatic heterocycles. The highest BCUT2D eigenvalue weighted by Crippen LogP contribution is 2.21. The molecule has 3 rings (SSSR count). The number of carboxylic acid groups (broad SMARTS) is 1. The highest BCUT2D eigenvalue weighted by atomic mass is 16.4. The van der Waals surface area contributed by atoms with Crippen LogP contribution in [0.3, 0.4) is 0 Å². The number of nitrogens with zero attached hydrogens (tertiary/aromatic N) is 4. The van der Waals surface area contributed by atoms with Gasteiger partial charge in [0.05, 0.1) is 18.2 Å². The van der Waals surface area contributed by atoms with E-state index < -0.39 is 11.9 Å². The summed E-state index contributed by atoms with van der Waals surface area (Å²) in [4.78, 5) is 40.9. The van der Waals surface area contributed by atoms with E-state index in [1.54, 1.807) is 17.2 Å². The van der Waals surface area contributed by atoms with E-state index in [-0.39, 0.29) is 30.6 Å². The molecule has 2 N–H and O–H groups in total. The highest BCUT2D eigenvalue weighted by Gasteiger charge is 2.34. The van der Waals surface area contributed by atoms with Crippen LogP contribution in [0.5, 0.6) is 0 Å². The first kappa shape index (κ1) is 16.6. The fourth-order valence-electron chi connectivity index (χ4n) is 2.67. The molecule has 0 bridgehead atoms. The van der Waals surface area contributed by atoms with Crippen molar-refractivity contribution < 1.29 is 19.5 Å². The van der Waals surface area contributed by atoms with Crippen molar-refractivity contribution in [3.8, 4) is 0 Å². The lowest BCUT2D eigenvalue weighted by Gasteiger charge is -2.15. The summed E-state index contributed by atoms with van der Waals surface area (Å²) >= 11 is 0. The molecule has 0 radical (unpaired) electrons. The number of rotatable bonds is 6. The lowest BCUT2D eigenvalue weighted by Crippen LogP contribution is -2.28. The van der Waals surface area contributed by atoms with Gasteiger partial charge in [0.1, 0.15) is 6.54 Å². The van der Waals surface area contributed by atoms with Gasteiger partial charge in [-0.2, -0.15) is 5.10 Å². The van der Waals surface area contributed by atoms with E-state index in [1.165, 1.54) is 16.9 Å². The second-order valence-electron chi connectivity index (χ2n) is 5.78. The minimum Gasteiger partial charge on any atom is -0.480 e. The Kier molecular flexibility index (Phi) is 4.73. The van der Waals surface area contributed by atoms with Crippen LogP contribution in [0.2, 0.25) is 0 Å². The van der Waals surface area contributed by atoms with E-state index >= 15 is 0 Å². The van der Waals surface area contributed by atoms with Crippen LogP contribution >= 0.6 is 0 Å². The lowest BCUT2D eigenvalue weighted by atomic mass is 10.1. The first-order valence-electron chi connectivity index (χ1n) is 7.75. The van der Waals surface area contributed by atoms with Gasteiger partial charge in [-0.15, -0.1) is 0 Å². The van der Waals surface area contributed by atoms with Gasteiger partial charge in [0.15, 0.2) is 5.82 Å². The summed E-state index contributed by atoms with van der Waals surface area (Å²) in [6.45, 7) is 0.406. The summed E-state index contributed by atoms with van der Waals surface area (Å²) in [5.74, 6) is -1.63. The van der Waals surface area contributed by atoms with Crippen LogP contribution in [0, 0.1) is 5.92 Å². The Morgan fingerprint density at radius 3 is 2.88 bits per heavy atom. The van der Waals surface area contributed by atoms with Crippen molar-refractivity contribution in [1.29, 1.82) is 0 Å². The van der Waals surface area contributed by atoms with E-state index in [9.17, 15) is 14.4 Å². The van der Waals surface area contributed by atoms with Crippen LogP contribution in [0.1, 0.15) is 12.1 Å². The smallest absolute Gasteiger partial charge is 0.325 e. The van der Waals surface area contributed by atoms with Crippen LogP contribution in [0.15, 0.2) is 36.7 Å². The Morgan fingerprint density at radius 1 is 1.32 bits per heavy atom. The monoisotopic (exact) mass is 343 g/mol. The Bertz CT molecular complexity index is 789. The van der Waals surface area contributed by atoms with Gasteiger partial charge < -0.3 is 15.3 Å². The van der Waals surface area contributed by atoms with E-state index in [4.69, 9.17) is 5.11 Å². The Morgan fingerprint density at radius 2 is 2.16 bits per heavy atom. The Hall–Kier alpha value is -3.23. The number of likely N-dealkylation sites (tertiary alicyclic amines) is 1. The summed E-state index contributed by atoms with van der Waals surface area (Å²) in [7, 11) is 0. The molecule has 3 heterocycles. The summed E-state index contributed by atoms with van der Waals surface area (Å²) < 4.78 is 1.21. The summed E-state index contributed by atoms with van der Waals surface area (Å²) in [5.41, 5.74) is 0.768. The molecule has 2 aromatic rings. The minimum atomic E-state index is -1.02. The standard InChI is InChI=1S/C16H17N5O4/c22-14-7-11(8-20(14)9-12-3-1-2-5-17-12)16(25)18-13-4-6-21(19-13)10-15(23)24/h1-6,11H,7-10H2,(H,23,24)(H,18,19,25)/t11-/m1/s1. The van der Waals surface area contributed by atoms with Crippen molar-refractivity contribution in [1.82, 2.24) is 19.7 Å². The summed E-state index contributed by atoms with van der Waals surface area (Å²) in [6.07, 6.45) is 3.26. The van der Waals surface area contributed by atoms with Gasteiger partial charge in [0.2, 0.25) is 11.8 Å². The molecule has 25 heavy (non-hydrogen) atoms. The number of anilines is 1. The molecular weight excluding hydrogens is 326 g/mol. The average Bonchev–Trinajstić information content (AvgIpc) is 3.15. The molecule has 2 amide bonds. The van der Waals surface area contributed by atoms with Crippen LogP contribution in [0.4, 0.5) is 5.82 Å². The molecule has 0 spiro atoms. The van der Waals surface area contributed by atoms with E-state index in [0.29, 0.717) is 13.1 Å². The van der Waals surface area contributed by atoms with Crippen LogP contribution < -0.4 is 5.32 Å². The van der Waals surface area contributed by atoms with Gasteiger partial charge >= 0.3 is 5.97 Å². The lowest BCUT2D eigenvalue weighted by molar-refractivity contribution is -0.138. The number of carbonyl (C=O) groups excluding carboxylic acids is 2.